The van der Waals surface area contributed by atoms with Gasteiger partial charge in [-0.25, -0.2) is 8.78 Å². The Kier molecular flexibility index (Phi) is 4.36. The SMILES string of the molecule is COc1cc(CNC2CC2)ccc1OCC(F)F. The topological polar surface area (TPSA) is 30.5 Å². The molecule has 1 aliphatic carbocycles. The Labute approximate surface area is 105 Å². The van der Waals surface area contributed by atoms with E-state index < -0.39 is 13.0 Å². The quantitative estimate of drug-likeness (QED) is 0.814. The van der Waals surface area contributed by atoms with Crippen LogP contribution < -0.4 is 14.8 Å². The van der Waals surface area contributed by atoms with E-state index in [4.69, 9.17) is 9.47 Å². The zero-order chi connectivity index (χ0) is 13.0. The van der Waals surface area contributed by atoms with Gasteiger partial charge in [-0.05, 0) is 30.5 Å². The highest BCUT2D eigenvalue weighted by atomic mass is 19.3. The zero-order valence-electron chi connectivity index (χ0n) is 10.3. The molecule has 1 aliphatic rings. The Morgan fingerprint density at radius 3 is 2.72 bits per heavy atom. The Bertz CT molecular complexity index is 395. The predicted molar refractivity (Wildman–Crippen MR) is 64.4 cm³/mol. The molecule has 1 fully saturated rings. The van der Waals surface area contributed by atoms with Crippen molar-refractivity contribution in [3.8, 4) is 11.5 Å². The van der Waals surface area contributed by atoms with Crippen LogP contribution in [-0.2, 0) is 6.54 Å². The third kappa shape index (κ3) is 3.84. The highest BCUT2D eigenvalue weighted by molar-refractivity contribution is 5.43. The molecule has 2 rings (SSSR count). The van der Waals surface area contributed by atoms with Crippen LogP contribution >= 0.6 is 0 Å². The van der Waals surface area contributed by atoms with E-state index in [0.717, 1.165) is 12.1 Å². The van der Waals surface area contributed by atoms with Gasteiger partial charge in [-0.1, -0.05) is 6.07 Å². The van der Waals surface area contributed by atoms with E-state index >= 15 is 0 Å². The molecule has 1 saturated carbocycles. The fourth-order valence-electron chi connectivity index (χ4n) is 1.64. The van der Waals surface area contributed by atoms with Gasteiger partial charge < -0.3 is 14.8 Å². The number of ether oxygens (including phenoxy) is 2. The number of benzene rings is 1. The summed E-state index contributed by atoms with van der Waals surface area (Å²) in [5, 5.41) is 3.38. The second-order valence-corrected chi connectivity index (χ2v) is 4.34. The fourth-order valence-corrected chi connectivity index (χ4v) is 1.64. The van der Waals surface area contributed by atoms with Crippen LogP contribution in [0.5, 0.6) is 11.5 Å². The van der Waals surface area contributed by atoms with Gasteiger partial charge in [-0.2, -0.15) is 0 Å². The molecule has 0 radical (unpaired) electrons. The third-order valence-electron chi connectivity index (χ3n) is 2.77. The number of methoxy groups -OCH3 is 1. The van der Waals surface area contributed by atoms with Gasteiger partial charge in [0.2, 0.25) is 0 Å². The maximum atomic E-state index is 12.1. The first-order chi connectivity index (χ1) is 8.69. The second kappa shape index (κ2) is 6.00. The first-order valence-electron chi connectivity index (χ1n) is 6.00. The number of alkyl halides is 2. The standard InChI is InChI=1S/C13H17F2NO2/c1-17-12-6-9(7-16-10-3-4-10)2-5-11(12)18-8-13(14)15/h2,5-6,10,13,16H,3-4,7-8H2,1H3. The van der Waals surface area contributed by atoms with Crippen LogP contribution in [-0.4, -0.2) is 26.2 Å². The molecule has 0 heterocycles. The highest BCUT2D eigenvalue weighted by Crippen LogP contribution is 2.29. The Balaban J connectivity index is 1.97. The van der Waals surface area contributed by atoms with E-state index in [9.17, 15) is 8.78 Å². The van der Waals surface area contributed by atoms with Crippen LogP contribution in [0.15, 0.2) is 18.2 Å². The average molecular weight is 257 g/mol. The van der Waals surface area contributed by atoms with Gasteiger partial charge in [-0.3, -0.25) is 0 Å². The van der Waals surface area contributed by atoms with Gasteiger partial charge in [0.15, 0.2) is 11.5 Å². The molecule has 0 aliphatic heterocycles. The molecule has 0 saturated heterocycles. The van der Waals surface area contributed by atoms with Crippen molar-refractivity contribution >= 4 is 0 Å². The minimum absolute atomic E-state index is 0.355. The highest BCUT2D eigenvalue weighted by Gasteiger charge is 2.20. The van der Waals surface area contributed by atoms with E-state index in [1.165, 1.54) is 20.0 Å². The van der Waals surface area contributed by atoms with E-state index in [-0.39, 0.29) is 0 Å². The van der Waals surface area contributed by atoms with Crippen LogP contribution in [0.3, 0.4) is 0 Å². The molecule has 18 heavy (non-hydrogen) atoms. The van der Waals surface area contributed by atoms with Crippen LogP contribution in [0.4, 0.5) is 8.78 Å². The van der Waals surface area contributed by atoms with Gasteiger partial charge in [0.25, 0.3) is 6.43 Å². The fraction of sp³-hybridized carbons (Fsp3) is 0.538. The molecule has 0 amide bonds. The predicted octanol–water partition coefficient (Wildman–Crippen LogP) is 2.59. The second-order valence-electron chi connectivity index (χ2n) is 4.34. The van der Waals surface area contributed by atoms with Gasteiger partial charge >= 0.3 is 0 Å². The summed E-state index contributed by atoms with van der Waals surface area (Å²) >= 11 is 0. The molecule has 0 bridgehead atoms. The van der Waals surface area contributed by atoms with Crippen LogP contribution in [0.25, 0.3) is 0 Å². The van der Waals surface area contributed by atoms with Crippen molar-refractivity contribution in [2.24, 2.45) is 0 Å². The molecule has 0 spiro atoms. The first-order valence-corrected chi connectivity index (χ1v) is 6.00. The van der Waals surface area contributed by atoms with Gasteiger partial charge in [-0.15, -0.1) is 0 Å². The lowest BCUT2D eigenvalue weighted by molar-refractivity contribution is 0.0804. The van der Waals surface area contributed by atoms with Gasteiger partial charge in [0, 0.05) is 12.6 Å². The minimum Gasteiger partial charge on any atom is -0.493 e. The number of hydrogen-bond acceptors (Lipinski definition) is 3. The lowest BCUT2D eigenvalue weighted by Gasteiger charge is -2.12. The van der Waals surface area contributed by atoms with E-state index in [0.29, 0.717) is 17.5 Å². The first kappa shape index (κ1) is 13.1. The summed E-state index contributed by atoms with van der Waals surface area (Å²) < 4.78 is 34.3. The van der Waals surface area contributed by atoms with E-state index in [2.05, 4.69) is 5.32 Å². The molecule has 1 N–H and O–H groups in total. The molecular formula is C13H17F2NO2. The van der Waals surface area contributed by atoms with Crippen LogP contribution in [0, 0.1) is 0 Å². The van der Waals surface area contributed by atoms with E-state index in [1.54, 1.807) is 6.07 Å². The summed E-state index contributed by atoms with van der Waals surface area (Å²) in [6, 6.07) is 5.98. The summed E-state index contributed by atoms with van der Waals surface area (Å²) in [6.45, 7) is 0.145. The molecule has 0 atom stereocenters. The summed E-state index contributed by atoms with van der Waals surface area (Å²) in [7, 11) is 1.50. The summed E-state index contributed by atoms with van der Waals surface area (Å²) in [6.07, 6.45) is -0.0229. The number of nitrogens with one attached hydrogen (secondary N) is 1. The van der Waals surface area contributed by atoms with Crippen molar-refractivity contribution in [2.45, 2.75) is 31.9 Å². The lowest BCUT2D eigenvalue weighted by atomic mass is 10.2. The third-order valence-corrected chi connectivity index (χ3v) is 2.77. The molecule has 0 aromatic heterocycles. The monoisotopic (exact) mass is 257 g/mol. The van der Waals surface area contributed by atoms with Gasteiger partial charge in [0.05, 0.1) is 7.11 Å². The molecule has 0 unspecified atom stereocenters. The number of rotatable bonds is 7. The van der Waals surface area contributed by atoms with Crippen molar-refractivity contribution in [1.82, 2.24) is 5.32 Å². The minimum atomic E-state index is -2.48. The van der Waals surface area contributed by atoms with Crippen molar-refractivity contribution in [1.29, 1.82) is 0 Å². The maximum absolute atomic E-state index is 12.1. The molecule has 100 valence electrons. The average Bonchev–Trinajstić information content (AvgIpc) is 3.18. The molecule has 5 heteroatoms. The lowest BCUT2D eigenvalue weighted by Crippen LogP contribution is -2.15. The Hall–Kier alpha value is -1.36. The Morgan fingerprint density at radius 1 is 1.33 bits per heavy atom. The van der Waals surface area contributed by atoms with Crippen molar-refractivity contribution in [3.63, 3.8) is 0 Å². The van der Waals surface area contributed by atoms with Crippen molar-refractivity contribution in [2.75, 3.05) is 13.7 Å². The Morgan fingerprint density at radius 2 is 2.11 bits per heavy atom. The summed E-state index contributed by atoms with van der Waals surface area (Å²) in [5.74, 6) is 0.846. The molecule has 1 aromatic rings. The summed E-state index contributed by atoms with van der Waals surface area (Å²) in [4.78, 5) is 0. The number of halogens is 2. The normalized spacial score (nSPS) is 14.9. The number of hydrogen-bond donors (Lipinski definition) is 1. The summed E-state index contributed by atoms with van der Waals surface area (Å²) in [5.41, 5.74) is 1.06. The van der Waals surface area contributed by atoms with Crippen molar-refractivity contribution < 1.29 is 18.3 Å². The van der Waals surface area contributed by atoms with Crippen LogP contribution in [0.1, 0.15) is 18.4 Å². The van der Waals surface area contributed by atoms with Crippen LogP contribution in [0.2, 0.25) is 0 Å². The largest absolute Gasteiger partial charge is 0.493 e. The molecule has 1 aromatic carbocycles. The molecule has 3 nitrogen and oxygen atoms in total. The van der Waals surface area contributed by atoms with E-state index in [1.807, 2.05) is 12.1 Å². The smallest absolute Gasteiger partial charge is 0.272 e. The van der Waals surface area contributed by atoms with Crippen molar-refractivity contribution in [3.05, 3.63) is 23.8 Å². The maximum Gasteiger partial charge on any atom is 0.272 e. The van der Waals surface area contributed by atoms with Gasteiger partial charge in [0.1, 0.15) is 6.61 Å². The molecular weight excluding hydrogens is 240 g/mol. The zero-order valence-corrected chi connectivity index (χ0v) is 10.3.